The first kappa shape index (κ1) is 14.3. The van der Waals surface area contributed by atoms with E-state index in [-0.39, 0.29) is 5.91 Å². The van der Waals surface area contributed by atoms with Crippen LogP contribution in [0.15, 0.2) is 30.3 Å². The van der Waals surface area contributed by atoms with Gasteiger partial charge in [0.1, 0.15) is 5.75 Å². The van der Waals surface area contributed by atoms with Crippen molar-refractivity contribution >= 4 is 23.2 Å². The lowest BCUT2D eigenvalue weighted by atomic mass is 10.1. The minimum absolute atomic E-state index is 0.234. The molecule has 0 spiro atoms. The number of anilines is 1. The number of amides is 1. The maximum Gasteiger partial charge on any atom is 0.257 e. The van der Waals surface area contributed by atoms with Crippen LogP contribution < -0.4 is 10.1 Å². The smallest absolute Gasteiger partial charge is 0.257 e. The number of carbonyl (C=O) groups is 1. The molecular weight excluding hydrogens is 276 g/mol. The lowest BCUT2D eigenvalue weighted by Crippen LogP contribution is -2.14. The van der Waals surface area contributed by atoms with Gasteiger partial charge in [-0.3, -0.25) is 9.78 Å². The lowest BCUT2D eigenvalue weighted by Gasteiger charge is -2.10. The monoisotopic (exact) mass is 290 g/mol. The van der Waals surface area contributed by atoms with Gasteiger partial charge in [0.15, 0.2) is 0 Å². The van der Waals surface area contributed by atoms with E-state index in [1.165, 1.54) is 0 Å². The third-order valence-electron chi connectivity index (χ3n) is 2.89. The summed E-state index contributed by atoms with van der Waals surface area (Å²) in [5, 5.41) is 3.20. The second-order valence-electron chi connectivity index (χ2n) is 4.39. The summed E-state index contributed by atoms with van der Waals surface area (Å²) in [5.41, 5.74) is 2.63. The van der Waals surface area contributed by atoms with Crippen LogP contribution in [-0.4, -0.2) is 18.0 Å². The van der Waals surface area contributed by atoms with Crippen LogP contribution in [0.5, 0.6) is 5.75 Å². The molecule has 2 rings (SSSR count). The Morgan fingerprint density at radius 1 is 1.25 bits per heavy atom. The van der Waals surface area contributed by atoms with Crippen LogP contribution in [0.25, 0.3) is 0 Å². The highest BCUT2D eigenvalue weighted by Crippen LogP contribution is 2.27. The van der Waals surface area contributed by atoms with Crippen molar-refractivity contribution in [2.75, 3.05) is 12.4 Å². The number of aromatic nitrogens is 1. The van der Waals surface area contributed by atoms with Gasteiger partial charge in [0.05, 0.1) is 29.1 Å². The average Bonchev–Trinajstić information content (AvgIpc) is 2.40. The van der Waals surface area contributed by atoms with Gasteiger partial charge in [-0.2, -0.15) is 0 Å². The fourth-order valence-corrected chi connectivity index (χ4v) is 2.06. The van der Waals surface area contributed by atoms with E-state index in [9.17, 15) is 4.79 Å². The maximum absolute atomic E-state index is 12.2. The predicted molar refractivity (Wildman–Crippen MR) is 79.7 cm³/mol. The molecule has 5 heteroatoms. The zero-order valence-corrected chi connectivity index (χ0v) is 12.3. The molecule has 1 heterocycles. The van der Waals surface area contributed by atoms with E-state index in [1.807, 2.05) is 6.92 Å². The van der Waals surface area contributed by atoms with Gasteiger partial charge >= 0.3 is 0 Å². The highest BCUT2D eigenvalue weighted by molar-refractivity contribution is 6.34. The molecule has 0 atom stereocenters. The standard InChI is InChI=1S/C15H15ClN2O2/c1-9-4-6-12(10(2)17-9)15(19)18-14-7-5-11(20-3)8-13(14)16/h4-8H,1-3H3,(H,18,19). The van der Waals surface area contributed by atoms with Crippen molar-refractivity contribution in [3.8, 4) is 5.75 Å². The van der Waals surface area contributed by atoms with E-state index in [1.54, 1.807) is 44.4 Å². The van der Waals surface area contributed by atoms with E-state index in [0.717, 1.165) is 5.69 Å². The van der Waals surface area contributed by atoms with Crippen LogP contribution in [-0.2, 0) is 0 Å². The Balaban J connectivity index is 2.23. The Bertz CT molecular complexity index is 656. The molecule has 104 valence electrons. The molecule has 0 aliphatic carbocycles. The minimum atomic E-state index is -0.234. The molecule has 1 aromatic heterocycles. The highest BCUT2D eigenvalue weighted by Gasteiger charge is 2.12. The van der Waals surface area contributed by atoms with Crippen molar-refractivity contribution < 1.29 is 9.53 Å². The third kappa shape index (κ3) is 3.08. The molecule has 1 amide bonds. The van der Waals surface area contributed by atoms with Crippen LogP contribution in [0, 0.1) is 13.8 Å². The van der Waals surface area contributed by atoms with Gasteiger partial charge in [-0.05, 0) is 38.1 Å². The van der Waals surface area contributed by atoms with Gasteiger partial charge in [0.25, 0.3) is 5.91 Å². The molecule has 0 unspecified atom stereocenters. The number of aryl methyl sites for hydroxylation is 2. The third-order valence-corrected chi connectivity index (χ3v) is 3.21. The van der Waals surface area contributed by atoms with Gasteiger partial charge < -0.3 is 10.1 Å². The van der Waals surface area contributed by atoms with Crippen molar-refractivity contribution in [2.24, 2.45) is 0 Å². The van der Waals surface area contributed by atoms with E-state index in [4.69, 9.17) is 16.3 Å². The van der Waals surface area contributed by atoms with Gasteiger partial charge in [-0.1, -0.05) is 11.6 Å². The molecule has 1 aromatic carbocycles. The number of halogens is 1. The number of hydrogen-bond acceptors (Lipinski definition) is 3. The molecule has 4 nitrogen and oxygen atoms in total. The number of benzene rings is 1. The summed E-state index contributed by atoms with van der Waals surface area (Å²) in [7, 11) is 1.56. The first-order valence-electron chi connectivity index (χ1n) is 6.10. The van der Waals surface area contributed by atoms with Crippen LogP contribution in [0.3, 0.4) is 0 Å². The number of rotatable bonds is 3. The lowest BCUT2D eigenvalue weighted by molar-refractivity contribution is 0.102. The minimum Gasteiger partial charge on any atom is -0.497 e. The quantitative estimate of drug-likeness (QED) is 0.939. The summed E-state index contributed by atoms with van der Waals surface area (Å²) in [6, 6.07) is 8.65. The Kier molecular flexibility index (Phi) is 4.25. The van der Waals surface area contributed by atoms with Crippen molar-refractivity contribution in [1.29, 1.82) is 0 Å². The molecule has 2 aromatic rings. The Labute approximate surface area is 122 Å². The molecule has 0 saturated heterocycles. The zero-order valence-electron chi connectivity index (χ0n) is 11.5. The van der Waals surface area contributed by atoms with Crippen molar-refractivity contribution in [1.82, 2.24) is 4.98 Å². The summed E-state index contributed by atoms with van der Waals surface area (Å²) < 4.78 is 5.06. The van der Waals surface area contributed by atoms with Crippen molar-refractivity contribution in [2.45, 2.75) is 13.8 Å². The Morgan fingerprint density at radius 3 is 2.60 bits per heavy atom. The van der Waals surface area contributed by atoms with E-state index >= 15 is 0 Å². The van der Waals surface area contributed by atoms with Gasteiger partial charge in [0.2, 0.25) is 0 Å². The number of hydrogen-bond donors (Lipinski definition) is 1. The van der Waals surface area contributed by atoms with E-state index < -0.39 is 0 Å². The van der Waals surface area contributed by atoms with Crippen molar-refractivity contribution in [3.63, 3.8) is 0 Å². The number of pyridine rings is 1. The highest BCUT2D eigenvalue weighted by atomic mass is 35.5. The number of carbonyl (C=O) groups excluding carboxylic acids is 1. The molecule has 0 saturated carbocycles. The molecule has 0 fully saturated rings. The fourth-order valence-electron chi connectivity index (χ4n) is 1.84. The predicted octanol–water partition coefficient (Wildman–Crippen LogP) is 3.61. The average molecular weight is 291 g/mol. The van der Waals surface area contributed by atoms with Crippen molar-refractivity contribution in [3.05, 3.63) is 52.3 Å². The number of nitrogens with one attached hydrogen (secondary N) is 1. The number of methoxy groups -OCH3 is 1. The molecule has 20 heavy (non-hydrogen) atoms. The molecule has 0 bridgehead atoms. The SMILES string of the molecule is COc1ccc(NC(=O)c2ccc(C)nc2C)c(Cl)c1. The second-order valence-corrected chi connectivity index (χ2v) is 4.79. The van der Waals surface area contributed by atoms with Crippen LogP contribution >= 0.6 is 11.6 Å². The topological polar surface area (TPSA) is 51.2 Å². The van der Waals surface area contributed by atoms with E-state index in [2.05, 4.69) is 10.3 Å². The Morgan fingerprint density at radius 2 is 2.00 bits per heavy atom. The van der Waals surface area contributed by atoms with Crippen LogP contribution in [0.1, 0.15) is 21.7 Å². The first-order valence-corrected chi connectivity index (χ1v) is 6.48. The van der Waals surface area contributed by atoms with Gasteiger partial charge in [0, 0.05) is 11.8 Å². The van der Waals surface area contributed by atoms with E-state index in [0.29, 0.717) is 27.7 Å². The summed E-state index contributed by atoms with van der Waals surface area (Å²) in [4.78, 5) is 16.5. The zero-order chi connectivity index (χ0) is 14.7. The molecule has 1 N–H and O–H groups in total. The maximum atomic E-state index is 12.2. The molecule has 0 aliphatic heterocycles. The van der Waals surface area contributed by atoms with Crippen LogP contribution in [0.2, 0.25) is 5.02 Å². The summed E-state index contributed by atoms with van der Waals surface area (Å²) in [5.74, 6) is 0.406. The normalized spacial score (nSPS) is 10.2. The second kappa shape index (κ2) is 5.92. The summed E-state index contributed by atoms with van der Waals surface area (Å²) >= 11 is 6.09. The fraction of sp³-hybridized carbons (Fsp3) is 0.200. The number of ether oxygens (including phenoxy) is 1. The summed E-state index contributed by atoms with van der Waals surface area (Å²) in [6.45, 7) is 3.69. The van der Waals surface area contributed by atoms with Gasteiger partial charge in [-0.15, -0.1) is 0 Å². The molecular formula is C15H15ClN2O2. The largest absolute Gasteiger partial charge is 0.497 e. The van der Waals surface area contributed by atoms with Gasteiger partial charge in [-0.25, -0.2) is 0 Å². The summed E-state index contributed by atoms with van der Waals surface area (Å²) in [6.07, 6.45) is 0. The molecule has 0 radical (unpaired) electrons. The van der Waals surface area contributed by atoms with Crippen LogP contribution in [0.4, 0.5) is 5.69 Å². The Hall–Kier alpha value is -2.07. The molecule has 0 aliphatic rings. The number of nitrogens with zero attached hydrogens (tertiary/aromatic N) is 1. The first-order chi connectivity index (χ1) is 9.51.